The molecular weight excluding hydrogens is 288 g/mol. The molecule has 118 valence electrons. The van der Waals surface area contributed by atoms with E-state index in [1.807, 2.05) is 24.3 Å². The lowest BCUT2D eigenvalue weighted by Crippen LogP contribution is -2.16. The summed E-state index contributed by atoms with van der Waals surface area (Å²) < 4.78 is 5.24. The Kier molecular flexibility index (Phi) is 4.06. The maximum Gasteiger partial charge on any atom is 0.253 e. The average molecular weight is 308 g/mol. The molecule has 3 rings (SSSR count). The van der Waals surface area contributed by atoms with Crippen LogP contribution in [0.5, 0.6) is 5.75 Å². The first-order valence-corrected chi connectivity index (χ1v) is 7.58. The Bertz CT molecular complexity index is 913. The average Bonchev–Trinajstić information content (AvgIpc) is 2.55. The van der Waals surface area contributed by atoms with E-state index >= 15 is 0 Å². The molecule has 0 amide bonds. The number of hydrogen-bond donors (Lipinski definition) is 2. The van der Waals surface area contributed by atoms with E-state index in [1.54, 1.807) is 7.11 Å². The zero-order valence-corrected chi connectivity index (χ0v) is 13.6. The molecule has 4 nitrogen and oxygen atoms in total. The third-order valence-electron chi connectivity index (χ3n) is 3.99. The van der Waals surface area contributed by atoms with Gasteiger partial charge in [-0.1, -0.05) is 12.1 Å². The predicted molar refractivity (Wildman–Crippen MR) is 94.4 cm³/mol. The van der Waals surface area contributed by atoms with Crippen molar-refractivity contribution in [1.82, 2.24) is 4.98 Å². The van der Waals surface area contributed by atoms with E-state index in [4.69, 9.17) is 4.74 Å². The number of aryl methyl sites for hydroxylation is 2. The molecular formula is C19H20N2O2. The smallest absolute Gasteiger partial charge is 0.253 e. The first-order chi connectivity index (χ1) is 11.1. The number of aromatic nitrogens is 1. The summed E-state index contributed by atoms with van der Waals surface area (Å²) in [5.74, 6) is 0.776. The fourth-order valence-corrected chi connectivity index (χ4v) is 2.60. The highest BCUT2D eigenvalue weighted by Crippen LogP contribution is 2.20. The number of aromatic amines is 1. The van der Waals surface area contributed by atoms with Gasteiger partial charge in [-0.3, -0.25) is 4.79 Å². The molecule has 1 aromatic heterocycles. The summed E-state index contributed by atoms with van der Waals surface area (Å²) >= 11 is 0. The zero-order chi connectivity index (χ0) is 16.4. The first kappa shape index (κ1) is 15.2. The summed E-state index contributed by atoms with van der Waals surface area (Å²) in [5.41, 5.74) is 4.85. The minimum absolute atomic E-state index is 0.0690. The van der Waals surface area contributed by atoms with Crippen molar-refractivity contribution >= 4 is 16.6 Å². The Morgan fingerprint density at radius 2 is 1.91 bits per heavy atom. The largest absolute Gasteiger partial charge is 0.497 e. The molecule has 0 fully saturated rings. The van der Waals surface area contributed by atoms with Crippen LogP contribution in [-0.4, -0.2) is 12.1 Å². The predicted octanol–water partition coefficient (Wildman–Crippen LogP) is 3.77. The van der Waals surface area contributed by atoms with Gasteiger partial charge >= 0.3 is 0 Å². The molecule has 3 aromatic rings. The minimum Gasteiger partial charge on any atom is -0.497 e. The van der Waals surface area contributed by atoms with Crippen molar-refractivity contribution in [2.75, 3.05) is 12.4 Å². The van der Waals surface area contributed by atoms with Crippen LogP contribution in [0.1, 0.15) is 16.7 Å². The molecule has 2 aromatic carbocycles. The van der Waals surface area contributed by atoms with Gasteiger partial charge in [0.25, 0.3) is 5.56 Å². The number of ether oxygens (including phenoxy) is 1. The lowest BCUT2D eigenvalue weighted by Gasteiger charge is -2.11. The van der Waals surface area contributed by atoms with Crippen LogP contribution in [0.25, 0.3) is 10.9 Å². The number of methoxy groups -OCH3 is 1. The zero-order valence-electron chi connectivity index (χ0n) is 13.6. The van der Waals surface area contributed by atoms with Crippen molar-refractivity contribution in [3.63, 3.8) is 0 Å². The van der Waals surface area contributed by atoms with Crippen LogP contribution < -0.4 is 15.6 Å². The quantitative estimate of drug-likeness (QED) is 0.771. The molecule has 0 aliphatic carbocycles. The third kappa shape index (κ3) is 3.21. The highest BCUT2D eigenvalue weighted by Gasteiger charge is 2.05. The Morgan fingerprint density at radius 3 is 2.70 bits per heavy atom. The first-order valence-electron chi connectivity index (χ1n) is 7.58. The number of pyridine rings is 1. The lowest BCUT2D eigenvalue weighted by molar-refractivity contribution is 0.415. The molecule has 0 unspecified atom stereocenters. The second-order valence-electron chi connectivity index (χ2n) is 5.75. The molecule has 0 saturated heterocycles. The Hall–Kier alpha value is -2.75. The van der Waals surface area contributed by atoms with E-state index in [0.29, 0.717) is 12.1 Å². The van der Waals surface area contributed by atoms with Gasteiger partial charge in [-0.2, -0.15) is 0 Å². The van der Waals surface area contributed by atoms with Gasteiger partial charge in [-0.15, -0.1) is 0 Å². The summed E-state index contributed by atoms with van der Waals surface area (Å²) in [6.07, 6.45) is 0. The number of benzene rings is 2. The van der Waals surface area contributed by atoms with E-state index in [2.05, 4.69) is 42.3 Å². The number of anilines is 1. The van der Waals surface area contributed by atoms with Gasteiger partial charge in [0.1, 0.15) is 5.75 Å². The molecule has 0 bridgehead atoms. The molecule has 0 saturated carbocycles. The monoisotopic (exact) mass is 308 g/mol. The second kappa shape index (κ2) is 6.16. The van der Waals surface area contributed by atoms with Crippen LogP contribution in [0.4, 0.5) is 5.69 Å². The lowest BCUT2D eigenvalue weighted by atomic mass is 10.1. The van der Waals surface area contributed by atoms with Crippen molar-refractivity contribution < 1.29 is 4.74 Å². The van der Waals surface area contributed by atoms with Crippen LogP contribution in [0.15, 0.2) is 47.3 Å². The van der Waals surface area contributed by atoms with Crippen LogP contribution in [0.2, 0.25) is 0 Å². The van der Waals surface area contributed by atoms with Crippen LogP contribution in [-0.2, 0) is 6.54 Å². The molecule has 2 N–H and O–H groups in total. The van der Waals surface area contributed by atoms with Crippen LogP contribution in [0, 0.1) is 13.8 Å². The summed E-state index contributed by atoms with van der Waals surface area (Å²) in [6, 6.07) is 13.8. The molecule has 4 heteroatoms. The van der Waals surface area contributed by atoms with Crippen molar-refractivity contribution in [2.45, 2.75) is 20.4 Å². The van der Waals surface area contributed by atoms with E-state index in [0.717, 1.165) is 27.9 Å². The molecule has 0 spiro atoms. The number of rotatable bonds is 4. The van der Waals surface area contributed by atoms with Gasteiger partial charge in [0, 0.05) is 28.7 Å². The Labute approximate surface area is 135 Å². The number of hydrogen-bond acceptors (Lipinski definition) is 3. The van der Waals surface area contributed by atoms with E-state index in [-0.39, 0.29) is 5.56 Å². The van der Waals surface area contributed by atoms with E-state index in [1.165, 1.54) is 5.56 Å². The van der Waals surface area contributed by atoms with Gasteiger partial charge in [0.15, 0.2) is 0 Å². The SMILES string of the molecule is COc1ccc2[nH]c(=O)c(CNc3cc(C)ccc3C)cc2c1. The molecule has 0 radical (unpaired) electrons. The van der Waals surface area contributed by atoms with Crippen molar-refractivity contribution in [3.05, 3.63) is 69.5 Å². The Balaban J connectivity index is 1.91. The van der Waals surface area contributed by atoms with Gasteiger partial charge in [-0.05, 0) is 55.3 Å². The van der Waals surface area contributed by atoms with Gasteiger partial charge in [0.05, 0.1) is 7.11 Å². The Morgan fingerprint density at radius 1 is 1.09 bits per heavy atom. The van der Waals surface area contributed by atoms with Crippen molar-refractivity contribution in [2.24, 2.45) is 0 Å². The standard InChI is InChI=1S/C19H20N2O2/c1-12-4-5-13(2)18(8-12)20-11-15-9-14-10-16(23-3)6-7-17(14)21-19(15)22/h4-10,20H,11H2,1-3H3,(H,21,22). The van der Waals surface area contributed by atoms with E-state index < -0.39 is 0 Å². The number of H-pyrrole nitrogens is 1. The molecule has 1 heterocycles. The maximum absolute atomic E-state index is 12.2. The normalized spacial score (nSPS) is 10.7. The molecule has 0 aliphatic rings. The topological polar surface area (TPSA) is 54.1 Å². The van der Waals surface area contributed by atoms with Crippen molar-refractivity contribution in [3.8, 4) is 5.75 Å². The number of nitrogens with one attached hydrogen (secondary N) is 2. The summed E-state index contributed by atoms with van der Waals surface area (Å²) in [5, 5.41) is 4.31. The molecule has 0 aliphatic heterocycles. The summed E-state index contributed by atoms with van der Waals surface area (Å²) in [4.78, 5) is 15.2. The molecule has 23 heavy (non-hydrogen) atoms. The van der Waals surface area contributed by atoms with E-state index in [9.17, 15) is 4.79 Å². The van der Waals surface area contributed by atoms with Crippen LogP contribution in [0.3, 0.4) is 0 Å². The van der Waals surface area contributed by atoms with Crippen LogP contribution >= 0.6 is 0 Å². The fraction of sp³-hybridized carbons (Fsp3) is 0.211. The second-order valence-corrected chi connectivity index (χ2v) is 5.75. The highest BCUT2D eigenvalue weighted by molar-refractivity contribution is 5.80. The fourth-order valence-electron chi connectivity index (χ4n) is 2.60. The third-order valence-corrected chi connectivity index (χ3v) is 3.99. The number of fused-ring (bicyclic) bond motifs is 1. The summed E-state index contributed by atoms with van der Waals surface area (Å²) in [6.45, 7) is 4.59. The van der Waals surface area contributed by atoms with Gasteiger partial charge < -0.3 is 15.0 Å². The molecule has 0 atom stereocenters. The van der Waals surface area contributed by atoms with Gasteiger partial charge in [-0.25, -0.2) is 0 Å². The van der Waals surface area contributed by atoms with Gasteiger partial charge in [0.2, 0.25) is 0 Å². The minimum atomic E-state index is -0.0690. The highest BCUT2D eigenvalue weighted by atomic mass is 16.5. The summed E-state index contributed by atoms with van der Waals surface area (Å²) in [7, 11) is 1.63. The van der Waals surface area contributed by atoms with Crippen molar-refractivity contribution in [1.29, 1.82) is 0 Å². The maximum atomic E-state index is 12.2.